The second-order valence-electron chi connectivity index (χ2n) is 9.67. The molecule has 40 heavy (non-hydrogen) atoms. The van der Waals surface area contributed by atoms with Gasteiger partial charge in [-0.3, -0.25) is 19.7 Å². The Labute approximate surface area is 229 Å². The SMILES string of the molecule is COc1ccc(-c2ccc(-c3cnn4c(N)c(C(C)=O)c(C5CCN(C(=O)c6ncn[nH]6)CC5)nc34)cn2)cc1. The Balaban J connectivity index is 1.32. The summed E-state index contributed by atoms with van der Waals surface area (Å²) in [6.07, 6.45) is 6.04. The van der Waals surface area contributed by atoms with Gasteiger partial charge in [-0.25, -0.2) is 9.97 Å². The number of hydrogen-bond acceptors (Lipinski definition) is 9. The summed E-state index contributed by atoms with van der Waals surface area (Å²) in [6, 6.07) is 11.6. The lowest BCUT2D eigenvalue weighted by Gasteiger charge is -2.32. The smallest absolute Gasteiger partial charge is 0.291 e. The van der Waals surface area contributed by atoms with Gasteiger partial charge in [0.05, 0.1) is 30.3 Å². The number of piperidine rings is 1. The number of benzene rings is 1. The molecule has 0 spiro atoms. The Morgan fingerprint density at radius 1 is 1.02 bits per heavy atom. The Morgan fingerprint density at radius 2 is 1.77 bits per heavy atom. The maximum absolute atomic E-state index is 12.7. The van der Waals surface area contributed by atoms with Crippen molar-refractivity contribution in [3.8, 4) is 28.1 Å². The van der Waals surface area contributed by atoms with E-state index < -0.39 is 0 Å². The van der Waals surface area contributed by atoms with Gasteiger partial charge in [0.15, 0.2) is 11.4 Å². The highest BCUT2D eigenvalue weighted by atomic mass is 16.5. The number of pyridine rings is 1. The molecule has 1 saturated heterocycles. The molecule has 0 radical (unpaired) electrons. The molecule has 1 fully saturated rings. The first kappa shape index (κ1) is 25.2. The summed E-state index contributed by atoms with van der Waals surface area (Å²) >= 11 is 0. The van der Waals surface area contributed by atoms with Crippen LogP contribution in [0.3, 0.4) is 0 Å². The van der Waals surface area contributed by atoms with Crippen LogP contribution in [0.25, 0.3) is 28.0 Å². The van der Waals surface area contributed by atoms with Gasteiger partial charge in [-0.2, -0.15) is 14.7 Å². The van der Waals surface area contributed by atoms with E-state index in [1.54, 1.807) is 24.4 Å². The number of fused-ring (bicyclic) bond motifs is 1. The van der Waals surface area contributed by atoms with Crippen molar-refractivity contribution < 1.29 is 14.3 Å². The Morgan fingerprint density at radius 3 is 2.40 bits per heavy atom. The number of H-pyrrole nitrogens is 1. The molecular weight excluding hydrogens is 510 g/mol. The van der Waals surface area contributed by atoms with E-state index in [9.17, 15) is 9.59 Å². The van der Waals surface area contributed by atoms with Crippen molar-refractivity contribution in [3.05, 3.63) is 72.2 Å². The van der Waals surface area contributed by atoms with Gasteiger partial charge in [-0.1, -0.05) is 6.07 Å². The van der Waals surface area contributed by atoms with Crippen LogP contribution in [0.2, 0.25) is 0 Å². The van der Waals surface area contributed by atoms with Crippen LogP contribution >= 0.6 is 0 Å². The number of nitrogens with zero attached hydrogens (tertiary/aromatic N) is 7. The zero-order chi connectivity index (χ0) is 27.8. The van der Waals surface area contributed by atoms with Crippen LogP contribution in [0, 0.1) is 0 Å². The van der Waals surface area contributed by atoms with E-state index in [4.69, 9.17) is 15.5 Å². The number of aromatic nitrogens is 7. The third-order valence-electron chi connectivity index (χ3n) is 7.31. The van der Waals surface area contributed by atoms with Crippen molar-refractivity contribution in [2.24, 2.45) is 0 Å². The molecule has 5 aromatic rings. The highest BCUT2D eigenvalue weighted by Crippen LogP contribution is 2.35. The number of aromatic amines is 1. The molecule has 1 amide bonds. The number of nitrogens with one attached hydrogen (secondary N) is 1. The molecule has 0 atom stereocenters. The number of methoxy groups -OCH3 is 1. The predicted molar refractivity (Wildman–Crippen MR) is 147 cm³/mol. The lowest BCUT2D eigenvalue weighted by molar-refractivity contribution is 0.0699. The molecule has 1 aliphatic rings. The van der Waals surface area contributed by atoms with Crippen molar-refractivity contribution in [2.45, 2.75) is 25.7 Å². The maximum Gasteiger partial charge on any atom is 0.291 e. The molecule has 3 N–H and O–H groups in total. The predicted octanol–water partition coefficient (Wildman–Crippen LogP) is 3.39. The first-order chi connectivity index (χ1) is 19.4. The van der Waals surface area contributed by atoms with Crippen molar-refractivity contribution in [2.75, 3.05) is 25.9 Å². The normalized spacial score (nSPS) is 14.0. The van der Waals surface area contributed by atoms with Gasteiger partial charge in [-0.05, 0) is 50.1 Å². The summed E-state index contributed by atoms with van der Waals surface area (Å²) in [4.78, 5) is 40.7. The number of ether oxygens (including phenoxy) is 1. The number of nitrogen functional groups attached to an aromatic ring is 1. The van der Waals surface area contributed by atoms with Gasteiger partial charge in [0, 0.05) is 41.9 Å². The van der Waals surface area contributed by atoms with Gasteiger partial charge < -0.3 is 15.4 Å². The molecule has 202 valence electrons. The average Bonchev–Trinajstić information content (AvgIpc) is 3.68. The van der Waals surface area contributed by atoms with Crippen molar-refractivity contribution >= 4 is 23.2 Å². The lowest BCUT2D eigenvalue weighted by atomic mass is 9.89. The van der Waals surface area contributed by atoms with E-state index in [1.165, 1.54) is 17.8 Å². The number of carbonyl (C=O) groups excluding carboxylic acids is 2. The van der Waals surface area contributed by atoms with Gasteiger partial charge in [0.2, 0.25) is 5.82 Å². The molecule has 0 bridgehead atoms. The van der Waals surface area contributed by atoms with Crippen LogP contribution in [0.4, 0.5) is 5.82 Å². The largest absolute Gasteiger partial charge is 0.497 e. The molecule has 0 saturated carbocycles. The fraction of sp³-hybridized carbons (Fsp3) is 0.250. The summed E-state index contributed by atoms with van der Waals surface area (Å²) in [6.45, 7) is 2.48. The molecular formula is C28H27N9O3. The van der Waals surface area contributed by atoms with Gasteiger partial charge in [-0.15, -0.1) is 0 Å². The fourth-order valence-electron chi connectivity index (χ4n) is 5.19. The molecule has 0 aliphatic carbocycles. The number of ketones is 1. The summed E-state index contributed by atoms with van der Waals surface area (Å²) in [5.74, 6) is 0.814. The van der Waals surface area contributed by atoms with E-state index >= 15 is 0 Å². The third-order valence-corrected chi connectivity index (χ3v) is 7.31. The van der Waals surface area contributed by atoms with Crippen LogP contribution in [0.15, 0.2) is 55.1 Å². The number of anilines is 1. The lowest BCUT2D eigenvalue weighted by Crippen LogP contribution is -2.39. The first-order valence-electron chi connectivity index (χ1n) is 12.9. The van der Waals surface area contributed by atoms with Crippen LogP contribution in [0.5, 0.6) is 5.75 Å². The summed E-state index contributed by atoms with van der Waals surface area (Å²) in [5.41, 5.74) is 11.4. The number of likely N-dealkylation sites (tertiary alicyclic amines) is 1. The molecule has 5 heterocycles. The zero-order valence-corrected chi connectivity index (χ0v) is 22.0. The van der Waals surface area contributed by atoms with Gasteiger partial charge >= 0.3 is 0 Å². The minimum Gasteiger partial charge on any atom is -0.497 e. The molecule has 12 heteroatoms. The number of nitrogens with two attached hydrogens (primary N) is 1. The van der Waals surface area contributed by atoms with E-state index in [0.29, 0.717) is 42.8 Å². The Bertz CT molecular complexity index is 1690. The van der Waals surface area contributed by atoms with Crippen molar-refractivity contribution in [1.29, 1.82) is 0 Å². The summed E-state index contributed by atoms with van der Waals surface area (Å²) < 4.78 is 6.75. The standard InChI is InChI=1S/C28H27N9O3/c1-16(38)23-24(18-9-11-36(12-10-18)28(39)26-31-15-32-35-26)34-27-21(14-33-37(27)25(23)29)19-5-8-22(30-13-19)17-3-6-20(40-2)7-4-17/h3-8,13-15,18H,9-12,29H2,1-2H3,(H,31,32,35). The number of carbonyl (C=O) groups is 2. The van der Waals surface area contributed by atoms with Crippen LogP contribution in [0.1, 0.15) is 52.4 Å². The Kier molecular flexibility index (Phi) is 6.42. The number of rotatable bonds is 6. The van der Waals surface area contributed by atoms with Gasteiger partial charge in [0.1, 0.15) is 17.9 Å². The topological polar surface area (TPSA) is 157 Å². The number of Topliss-reactive ketones (excluding diaryl/α,β-unsaturated/α-hetero) is 1. The molecule has 12 nitrogen and oxygen atoms in total. The second kappa shape index (κ2) is 10.2. The fourth-order valence-corrected chi connectivity index (χ4v) is 5.19. The Hall–Kier alpha value is -5.13. The highest BCUT2D eigenvalue weighted by molar-refractivity contribution is 6.00. The minimum absolute atomic E-state index is 0.0525. The zero-order valence-electron chi connectivity index (χ0n) is 22.0. The molecule has 1 aliphatic heterocycles. The van der Waals surface area contributed by atoms with Crippen molar-refractivity contribution in [3.63, 3.8) is 0 Å². The summed E-state index contributed by atoms with van der Waals surface area (Å²) in [7, 11) is 1.63. The average molecular weight is 538 g/mol. The molecule has 1 aromatic carbocycles. The monoisotopic (exact) mass is 537 g/mol. The van der Waals surface area contributed by atoms with E-state index in [-0.39, 0.29) is 29.3 Å². The maximum atomic E-state index is 12.7. The molecule has 6 rings (SSSR count). The van der Waals surface area contributed by atoms with Crippen LogP contribution in [-0.4, -0.2) is 71.6 Å². The van der Waals surface area contributed by atoms with Crippen molar-refractivity contribution in [1.82, 2.24) is 39.7 Å². The number of hydrogen-bond donors (Lipinski definition) is 2. The van der Waals surface area contributed by atoms with Gasteiger partial charge in [0.25, 0.3) is 5.91 Å². The third kappa shape index (κ3) is 4.42. The van der Waals surface area contributed by atoms with E-state index in [2.05, 4.69) is 25.3 Å². The highest BCUT2D eigenvalue weighted by Gasteiger charge is 2.31. The summed E-state index contributed by atoms with van der Waals surface area (Å²) in [5, 5.41) is 10.8. The molecule has 0 unspecified atom stereocenters. The first-order valence-corrected chi connectivity index (χ1v) is 12.9. The second-order valence-corrected chi connectivity index (χ2v) is 9.67. The van der Waals surface area contributed by atoms with E-state index in [1.807, 2.05) is 36.4 Å². The van der Waals surface area contributed by atoms with Crippen LogP contribution in [-0.2, 0) is 0 Å². The number of amides is 1. The quantitative estimate of drug-likeness (QED) is 0.310. The minimum atomic E-state index is -0.200. The molecule has 4 aromatic heterocycles. The van der Waals surface area contributed by atoms with Crippen LogP contribution < -0.4 is 10.5 Å². The van der Waals surface area contributed by atoms with E-state index in [0.717, 1.165) is 28.1 Å².